The molecule has 0 spiro atoms. The molecule has 1 heterocycles. The third kappa shape index (κ3) is 4.03. The van der Waals surface area contributed by atoms with Crippen LogP contribution >= 0.6 is 0 Å². The zero-order chi connectivity index (χ0) is 20.5. The highest BCUT2D eigenvalue weighted by molar-refractivity contribution is 5.90. The summed E-state index contributed by atoms with van der Waals surface area (Å²) in [6, 6.07) is 7.96. The predicted molar refractivity (Wildman–Crippen MR) is 101 cm³/mol. The number of aryl methyl sites for hydroxylation is 3. The second kappa shape index (κ2) is 7.43. The Hall–Kier alpha value is -3.21. The Morgan fingerprint density at radius 3 is 2.64 bits per heavy atom. The van der Waals surface area contributed by atoms with Gasteiger partial charge in [-0.1, -0.05) is 17.7 Å². The van der Waals surface area contributed by atoms with E-state index in [0.717, 1.165) is 29.7 Å². The second-order valence-corrected chi connectivity index (χ2v) is 7.43. The predicted octanol–water partition coefficient (Wildman–Crippen LogP) is 2.16. The van der Waals surface area contributed by atoms with E-state index in [4.69, 9.17) is 4.74 Å². The third-order valence-corrected chi connectivity index (χ3v) is 4.90. The van der Waals surface area contributed by atoms with Crippen LogP contribution in [-0.2, 0) is 9.53 Å². The molecule has 146 valence electrons. The normalized spacial score (nSPS) is 15.4. The first-order valence-corrected chi connectivity index (χ1v) is 9.14. The Morgan fingerprint density at radius 2 is 2.04 bits per heavy atom. The highest BCUT2D eigenvalue weighted by Gasteiger charge is 2.43. The van der Waals surface area contributed by atoms with Crippen LogP contribution in [0, 0.1) is 38.0 Å². The molecule has 1 amide bonds. The van der Waals surface area contributed by atoms with Crippen molar-refractivity contribution in [2.45, 2.75) is 46.1 Å². The van der Waals surface area contributed by atoms with Gasteiger partial charge in [0.2, 0.25) is 0 Å². The van der Waals surface area contributed by atoms with Gasteiger partial charge in [0.15, 0.2) is 12.3 Å². The average molecular weight is 381 g/mol. The number of benzene rings is 1. The van der Waals surface area contributed by atoms with Gasteiger partial charge in [-0.25, -0.2) is 4.79 Å². The maximum Gasteiger partial charge on any atom is 0.361 e. The maximum absolute atomic E-state index is 12.4. The molecular formula is C20H23N5O3. The molecule has 0 aliphatic heterocycles. The van der Waals surface area contributed by atoms with Crippen LogP contribution in [0.2, 0.25) is 0 Å². The summed E-state index contributed by atoms with van der Waals surface area (Å²) in [5.74, 6) is -1.09. The van der Waals surface area contributed by atoms with Crippen molar-refractivity contribution >= 4 is 11.9 Å². The van der Waals surface area contributed by atoms with Gasteiger partial charge in [0, 0.05) is 0 Å². The topological polar surface area (TPSA) is 110 Å². The number of carbonyl (C=O) groups is 2. The number of esters is 1. The molecule has 1 N–H and O–H groups in total. The van der Waals surface area contributed by atoms with Crippen molar-refractivity contribution in [2.24, 2.45) is 5.92 Å². The minimum absolute atomic E-state index is 0.0537. The lowest BCUT2D eigenvalue weighted by atomic mass is 9.98. The largest absolute Gasteiger partial charge is 0.451 e. The van der Waals surface area contributed by atoms with Gasteiger partial charge in [0.1, 0.15) is 5.54 Å². The smallest absolute Gasteiger partial charge is 0.361 e. The maximum atomic E-state index is 12.4. The summed E-state index contributed by atoms with van der Waals surface area (Å²) in [7, 11) is 0. The Bertz CT molecular complexity index is 971. The van der Waals surface area contributed by atoms with Crippen molar-refractivity contribution in [1.29, 1.82) is 5.26 Å². The van der Waals surface area contributed by atoms with Crippen LogP contribution in [0.3, 0.4) is 0 Å². The van der Waals surface area contributed by atoms with Crippen molar-refractivity contribution in [1.82, 2.24) is 20.3 Å². The number of aromatic nitrogens is 3. The van der Waals surface area contributed by atoms with E-state index >= 15 is 0 Å². The van der Waals surface area contributed by atoms with Crippen LogP contribution < -0.4 is 5.32 Å². The molecule has 1 aromatic carbocycles. The molecule has 0 bridgehead atoms. The highest BCUT2D eigenvalue weighted by atomic mass is 16.5. The van der Waals surface area contributed by atoms with Crippen molar-refractivity contribution in [2.75, 3.05) is 6.61 Å². The van der Waals surface area contributed by atoms with Gasteiger partial charge >= 0.3 is 5.97 Å². The van der Waals surface area contributed by atoms with Crippen LogP contribution in [0.1, 0.15) is 47.1 Å². The summed E-state index contributed by atoms with van der Waals surface area (Å²) in [5, 5.41) is 20.5. The van der Waals surface area contributed by atoms with Gasteiger partial charge in [-0.3, -0.25) is 4.79 Å². The van der Waals surface area contributed by atoms with E-state index in [1.54, 1.807) is 13.8 Å². The molecule has 0 unspecified atom stereocenters. The highest BCUT2D eigenvalue weighted by Crippen LogP contribution is 2.39. The van der Waals surface area contributed by atoms with Crippen LogP contribution in [0.25, 0.3) is 5.69 Å². The minimum Gasteiger partial charge on any atom is -0.451 e. The van der Waals surface area contributed by atoms with E-state index in [2.05, 4.69) is 21.6 Å². The molecule has 1 aromatic heterocycles. The molecule has 1 fully saturated rings. The summed E-state index contributed by atoms with van der Waals surface area (Å²) >= 11 is 0. The Labute approximate surface area is 163 Å². The van der Waals surface area contributed by atoms with E-state index in [9.17, 15) is 14.9 Å². The fraction of sp³-hybridized carbons (Fsp3) is 0.450. The van der Waals surface area contributed by atoms with Crippen LogP contribution in [0.15, 0.2) is 18.2 Å². The van der Waals surface area contributed by atoms with Crippen LogP contribution in [0.4, 0.5) is 0 Å². The summed E-state index contributed by atoms with van der Waals surface area (Å²) in [5.41, 5.74) is 2.39. The van der Waals surface area contributed by atoms with Gasteiger partial charge in [-0.15, -0.1) is 5.10 Å². The monoisotopic (exact) mass is 381 g/mol. The molecule has 0 saturated heterocycles. The van der Waals surface area contributed by atoms with E-state index in [0.29, 0.717) is 5.69 Å². The zero-order valence-electron chi connectivity index (χ0n) is 16.4. The average Bonchev–Trinajstić information content (AvgIpc) is 3.43. The first-order valence-electron chi connectivity index (χ1n) is 9.14. The van der Waals surface area contributed by atoms with Crippen molar-refractivity contribution in [3.63, 3.8) is 0 Å². The number of carbonyl (C=O) groups excluding carboxylic acids is 2. The molecule has 1 aliphatic carbocycles. The number of hydrogen-bond donors (Lipinski definition) is 1. The second-order valence-electron chi connectivity index (χ2n) is 7.43. The van der Waals surface area contributed by atoms with Crippen molar-refractivity contribution < 1.29 is 14.3 Å². The van der Waals surface area contributed by atoms with Crippen molar-refractivity contribution in [3.8, 4) is 11.8 Å². The SMILES string of the molecule is Cc1ccc(-n2nc(C)c(C(=O)OCC(=O)N[C@](C)(C#N)C3CC3)n2)c(C)c1. The van der Waals surface area contributed by atoms with Gasteiger partial charge in [-0.05, 0) is 58.1 Å². The summed E-state index contributed by atoms with van der Waals surface area (Å²) in [4.78, 5) is 25.8. The fourth-order valence-corrected chi connectivity index (χ4v) is 3.11. The van der Waals surface area contributed by atoms with Gasteiger partial charge < -0.3 is 10.1 Å². The standard InChI is InChI=1S/C20H23N5O3/c1-12-5-8-16(13(2)9-12)25-23-14(3)18(24-25)19(27)28-10-17(26)22-20(4,11-21)15-6-7-15/h5,8-9,15H,6-7,10H2,1-4H3,(H,22,26)/t20-/m1/s1. The van der Waals surface area contributed by atoms with E-state index in [1.165, 1.54) is 4.80 Å². The lowest BCUT2D eigenvalue weighted by Crippen LogP contribution is -2.48. The lowest BCUT2D eigenvalue weighted by Gasteiger charge is -2.22. The molecule has 1 saturated carbocycles. The molecule has 3 rings (SSSR count). The molecule has 1 atom stereocenters. The number of nitrogens with zero attached hydrogens (tertiary/aromatic N) is 4. The van der Waals surface area contributed by atoms with Crippen LogP contribution in [-0.4, -0.2) is 39.0 Å². The Morgan fingerprint density at radius 1 is 1.32 bits per heavy atom. The number of rotatable bonds is 6. The number of nitriles is 1. The quantitative estimate of drug-likeness (QED) is 0.768. The number of nitrogens with one attached hydrogen (secondary N) is 1. The van der Waals surface area contributed by atoms with Crippen molar-refractivity contribution in [3.05, 3.63) is 40.7 Å². The third-order valence-electron chi connectivity index (χ3n) is 4.90. The van der Waals surface area contributed by atoms with E-state index in [-0.39, 0.29) is 11.6 Å². The Balaban J connectivity index is 1.66. The molecule has 0 radical (unpaired) electrons. The Kier molecular flexibility index (Phi) is 5.18. The summed E-state index contributed by atoms with van der Waals surface area (Å²) in [6.45, 7) is 6.80. The van der Waals surface area contributed by atoms with Gasteiger partial charge in [0.25, 0.3) is 5.91 Å². The number of hydrogen-bond acceptors (Lipinski definition) is 6. The summed E-state index contributed by atoms with van der Waals surface area (Å²) < 4.78 is 5.08. The molecule has 1 aliphatic rings. The molecule has 28 heavy (non-hydrogen) atoms. The van der Waals surface area contributed by atoms with E-state index < -0.39 is 24.0 Å². The molecule has 8 heteroatoms. The number of ether oxygens (including phenoxy) is 1. The molecule has 8 nitrogen and oxygen atoms in total. The number of amides is 1. The molecule has 2 aromatic rings. The lowest BCUT2D eigenvalue weighted by molar-refractivity contribution is -0.125. The van der Waals surface area contributed by atoms with Crippen LogP contribution in [0.5, 0.6) is 0 Å². The van der Waals surface area contributed by atoms with Gasteiger partial charge in [0.05, 0.1) is 17.5 Å². The first kappa shape index (κ1) is 19.5. The fourth-order valence-electron chi connectivity index (χ4n) is 3.11. The summed E-state index contributed by atoms with van der Waals surface area (Å²) in [6.07, 6.45) is 1.82. The molecular weight excluding hydrogens is 358 g/mol. The minimum atomic E-state index is -0.925. The zero-order valence-corrected chi connectivity index (χ0v) is 16.4. The first-order chi connectivity index (χ1) is 13.2. The van der Waals surface area contributed by atoms with E-state index in [1.807, 2.05) is 32.0 Å². The van der Waals surface area contributed by atoms with Gasteiger partial charge in [-0.2, -0.15) is 15.2 Å².